The number of nitrogens with two attached hydrogens (primary N) is 1. The van der Waals surface area contributed by atoms with Gasteiger partial charge in [0.2, 0.25) is 0 Å². The average molecular weight is 246 g/mol. The van der Waals surface area contributed by atoms with Gasteiger partial charge in [0, 0.05) is 4.90 Å². The topological polar surface area (TPSA) is 47.3 Å². The summed E-state index contributed by atoms with van der Waals surface area (Å²) in [5.41, 5.74) is 5.62. The highest BCUT2D eigenvalue weighted by Crippen LogP contribution is 2.28. The SMILES string of the molecule is COc1ccc(-c2ccc(NN)c(S)c2)cc1. The molecule has 0 heterocycles. The molecule has 3 N–H and O–H groups in total. The lowest BCUT2D eigenvalue weighted by Gasteiger charge is -2.08. The second kappa shape index (κ2) is 5.12. The molecule has 0 spiro atoms. The molecule has 0 aliphatic heterocycles. The molecule has 88 valence electrons. The van der Waals surface area contributed by atoms with E-state index in [-0.39, 0.29) is 0 Å². The summed E-state index contributed by atoms with van der Waals surface area (Å²) >= 11 is 4.37. The number of anilines is 1. The summed E-state index contributed by atoms with van der Waals surface area (Å²) in [5.74, 6) is 6.21. The summed E-state index contributed by atoms with van der Waals surface area (Å²) in [7, 11) is 1.66. The highest BCUT2D eigenvalue weighted by atomic mass is 32.1. The molecule has 2 aromatic rings. The van der Waals surface area contributed by atoms with Crippen LogP contribution in [0.15, 0.2) is 47.4 Å². The first-order chi connectivity index (χ1) is 8.24. The summed E-state index contributed by atoms with van der Waals surface area (Å²) in [6.07, 6.45) is 0. The van der Waals surface area contributed by atoms with Crippen molar-refractivity contribution in [2.75, 3.05) is 12.5 Å². The lowest BCUT2D eigenvalue weighted by molar-refractivity contribution is 0.415. The standard InChI is InChI=1S/C13H14N2OS/c1-16-11-5-2-9(3-6-11)10-4-7-12(15-14)13(17)8-10/h2-8,15,17H,14H2,1H3. The van der Waals surface area contributed by atoms with E-state index in [4.69, 9.17) is 10.6 Å². The van der Waals surface area contributed by atoms with Gasteiger partial charge >= 0.3 is 0 Å². The fourth-order valence-electron chi connectivity index (χ4n) is 1.62. The number of nitrogens with one attached hydrogen (secondary N) is 1. The lowest BCUT2D eigenvalue weighted by Crippen LogP contribution is -2.07. The molecule has 0 atom stereocenters. The van der Waals surface area contributed by atoms with Crippen LogP contribution in [0, 0.1) is 0 Å². The van der Waals surface area contributed by atoms with Gasteiger partial charge in [-0.15, -0.1) is 12.6 Å². The Morgan fingerprint density at radius 2 is 1.71 bits per heavy atom. The van der Waals surface area contributed by atoms with E-state index >= 15 is 0 Å². The first kappa shape index (κ1) is 11.8. The highest BCUT2D eigenvalue weighted by molar-refractivity contribution is 7.80. The first-order valence-corrected chi connectivity index (χ1v) is 5.63. The van der Waals surface area contributed by atoms with Gasteiger partial charge in [-0.2, -0.15) is 0 Å². The van der Waals surface area contributed by atoms with E-state index in [0.717, 1.165) is 27.5 Å². The fraction of sp³-hybridized carbons (Fsp3) is 0.0769. The zero-order valence-electron chi connectivity index (χ0n) is 9.47. The van der Waals surface area contributed by atoms with Gasteiger partial charge in [-0.3, -0.25) is 5.84 Å². The van der Waals surface area contributed by atoms with E-state index in [0.29, 0.717) is 0 Å². The van der Waals surface area contributed by atoms with Crippen molar-refractivity contribution in [3.63, 3.8) is 0 Å². The molecular formula is C13H14N2OS. The molecule has 0 saturated carbocycles. The molecule has 0 aromatic heterocycles. The molecule has 0 aliphatic rings. The third-order valence-electron chi connectivity index (χ3n) is 2.58. The minimum Gasteiger partial charge on any atom is -0.497 e. The zero-order chi connectivity index (χ0) is 12.3. The Hall–Kier alpha value is -1.65. The number of hydrazine groups is 1. The van der Waals surface area contributed by atoms with Crippen molar-refractivity contribution in [3.05, 3.63) is 42.5 Å². The van der Waals surface area contributed by atoms with Gasteiger partial charge in [-0.1, -0.05) is 18.2 Å². The Balaban J connectivity index is 2.35. The number of hydrogen-bond acceptors (Lipinski definition) is 4. The van der Waals surface area contributed by atoms with Crippen LogP contribution in [0.25, 0.3) is 11.1 Å². The Labute approximate surface area is 106 Å². The molecular weight excluding hydrogens is 232 g/mol. The Morgan fingerprint density at radius 3 is 2.24 bits per heavy atom. The molecule has 2 aromatic carbocycles. The summed E-state index contributed by atoms with van der Waals surface area (Å²) in [5, 5.41) is 0. The number of thiol groups is 1. The molecule has 0 fully saturated rings. The highest BCUT2D eigenvalue weighted by Gasteiger charge is 2.02. The van der Waals surface area contributed by atoms with Crippen molar-refractivity contribution in [1.82, 2.24) is 0 Å². The van der Waals surface area contributed by atoms with Crippen molar-refractivity contribution in [2.24, 2.45) is 5.84 Å². The Bertz CT molecular complexity index is 511. The Morgan fingerprint density at radius 1 is 1.06 bits per heavy atom. The van der Waals surface area contributed by atoms with E-state index in [2.05, 4.69) is 18.1 Å². The summed E-state index contributed by atoms with van der Waals surface area (Å²) in [4.78, 5) is 0.820. The van der Waals surface area contributed by atoms with E-state index in [1.165, 1.54) is 0 Å². The normalized spacial score (nSPS) is 10.1. The van der Waals surface area contributed by atoms with Crippen molar-refractivity contribution in [2.45, 2.75) is 4.90 Å². The number of methoxy groups -OCH3 is 1. The van der Waals surface area contributed by atoms with E-state index < -0.39 is 0 Å². The Kier molecular flexibility index (Phi) is 3.56. The van der Waals surface area contributed by atoms with Gasteiger partial charge in [-0.05, 0) is 35.4 Å². The zero-order valence-corrected chi connectivity index (χ0v) is 10.4. The van der Waals surface area contributed by atoms with Crippen molar-refractivity contribution < 1.29 is 4.74 Å². The number of rotatable bonds is 3. The molecule has 17 heavy (non-hydrogen) atoms. The van der Waals surface area contributed by atoms with Gasteiger partial charge in [-0.25, -0.2) is 0 Å². The molecule has 0 unspecified atom stereocenters. The summed E-state index contributed by atoms with van der Waals surface area (Å²) in [6.45, 7) is 0. The van der Waals surface area contributed by atoms with Crippen LogP contribution in [-0.2, 0) is 0 Å². The number of nitrogen functional groups attached to an aromatic ring is 1. The first-order valence-electron chi connectivity index (χ1n) is 5.18. The molecule has 0 amide bonds. The van der Waals surface area contributed by atoms with E-state index in [1.807, 2.05) is 42.5 Å². The van der Waals surface area contributed by atoms with Crippen molar-refractivity contribution in [3.8, 4) is 16.9 Å². The summed E-state index contributed by atoms with van der Waals surface area (Å²) < 4.78 is 5.12. The second-order valence-corrected chi connectivity index (χ2v) is 4.09. The van der Waals surface area contributed by atoms with Gasteiger partial charge in [0.05, 0.1) is 12.8 Å². The molecule has 0 saturated heterocycles. The number of hydrogen-bond donors (Lipinski definition) is 3. The predicted octanol–water partition coefficient (Wildman–Crippen LogP) is 2.94. The molecule has 0 bridgehead atoms. The third-order valence-corrected chi connectivity index (χ3v) is 2.95. The largest absolute Gasteiger partial charge is 0.497 e. The van der Waals surface area contributed by atoms with Crippen LogP contribution in [0.3, 0.4) is 0 Å². The minimum atomic E-state index is 0.811. The van der Waals surface area contributed by atoms with E-state index in [1.54, 1.807) is 7.11 Å². The quantitative estimate of drug-likeness (QED) is 0.443. The minimum absolute atomic E-state index is 0.811. The van der Waals surface area contributed by atoms with Gasteiger partial charge < -0.3 is 10.2 Å². The maximum Gasteiger partial charge on any atom is 0.118 e. The van der Waals surface area contributed by atoms with Gasteiger partial charge in [0.1, 0.15) is 5.75 Å². The van der Waals surface area contributed by atoms with Crippen LogP contribution in [0.4, 0.5) is 5.69 Å². The van der Waals surface area contributed by atoms with E-state index in [9.17, 15) is 0 Å². The number of ether oxygens (including phenoxy) is 1. The van der Waals surface area contributed by atoms with Crippen LogP contribution < -0.4 is 16.0 Å². The molecule has 2 rings (SSSR count). The van der Waals surface area contributed by atoms with Gasteiger partial charge in [0.25, 0.3) is 0 Å². The van der Waals surface area contributed by atoms with Crippen LogP contribution in [0.1, 0.15) is 0 Å². The third kappa shape index (κ3) is 2.54. The molecule has 0 radical (unpaired) electrons. The smallest absolute Gasteiger partial charge is 0.118 e. The maximum atomic E-state index is 5.36. The molecule has 4 heteroatoms. The van der Waals surface area contributed by atoms with Crippen LogP contribution >= 0.6 is 12.6 Å². The summed E-state index contributed by atoms with van der Waals surface area (Å²) in [6, 6.07) is 13.8. The van der Waals surface area contributed by atoms with Crippen LogP contribution in [-0.4, -0.2) is 7.11 Å². The molecule has 0 aliphatic carbocycles. The average Bonchev–Trinajstić information content (AvgIpc) is 2.39. The van der Waals surface area contributed by atoms with Crippen molar-refractivity contribution >= 4 is 18.3 Å². The lowest BCUT2D eigenvalue weighted by atomic mass is 10.1. The van der Waals surface area contributed by atoms with Gasteiger partial charge in [0.15, 0.2) is 0 Å². The fourth-order valence-corrected chi connectivity index (χ4v) is 1.89. The predicted molar refractivity (Wildman–Crippen MR) is 73.5 cm³/mol. The molecule has 3 nitrogen and oxygen atoms in total. The van der Waals surface area contributed by atoms with Crippen LogP contribution in [0.5, 0.6) is 5.75 Å². The maximum absolute atomic E-state index is 5.36. The van der Waals surface area contributed by atoms with Crippen LogP contribution in [0.2, 0.25) is 0 Å². The monoisotopic (exact) mass is 246 g/mol. The van der Waals surface area contributed by atoms with Crippen molar-refractivity contribution in [1.29, 1.82) is 0 Å². The number of benzene rings is 2. The second-order valence-electron chi connectivity index (χ2n) is 3.60.